The summed E-state index contributed by atoms with van der Waals surface area (Å²) in [5.74, 6) is 1.01. The van der Waals surface area contributed by atoms with Crippen LogP contribution in [0.5, 0.6) is 0 Å². The highest BCUT2D eigenvalue weighted by Gasteiger charge is 2.30. The van der Waals surface area contributed by atoms with Crippen molar-refractivity contribution in [3.63, 3.8) is 0 Å². The van der Waals surface area contributed by atoms with Gasteiger partial charge in [-0.1, -0.05) is 13.8 Å². The van der Waals surface area contributed by atoms with Crippen molar-refractivity contribution in [2.24, 2.45) is 10.4 Å². The number of rotatable bonds is 3. The van der Waals surface area contributed by atoms with Gasteiger partial charge in [0.15, 0.2) is 5.96 Å². The molecule has 1 fully saturated rings. The Morgan fingerprint density at radius 1 is 1.50 bits per heavy atom. The van der Waals surface area contributed by atoms with Crippen molar-refractivity contribution in [2.75, 3.05) is 26.7 Å². The van der Waals surface area contributed by atoms with Crippen LogP contribution in [0.3, 0.4) is 0 Å². The van der Waals surface area contributed by atoms with E-state index in [1.54, 1.807) is 0 Å². The van der Waals surface area contributed by atoms with E-state index in [4.69, 9.17) is 0 Å². The first-order valence-electron chi connectivity index (χ1n) is 6.95. The number of aromatic nitrogens is 2. The molecule has 0 amide bonds. The van der Waals surface area contributed by atoms with Gasteiger partial charge in [0.2, 0.25) is 0 Å². The van der Waals surface area contributed by atoms with E-state index in [1.165, 1.54) is 12.0 Å². The maximum Gasteiger partial charge on any atom is 0.193 e. The van der Waals surface area contributed by atoms with Gasteiger partial charge in [-0.3, -0.25) is 9.67 Å². The molecule has 0 saturated carbocycles. The third kappa shape index (κ3) is 4.64. The fraction of sp³-hybridized carbons (Fsp3) is 0.714. The van der Waals surface area contributed by atoms with Crippen LogP contribution >= 0.6 is 24.0 Å². The quantitative estimate of drug-likeness (QED) is 0.488. The molecule has 2 rings (SSSR count). The van der Waals surface area contributed by atoms with Gasteiger partial charge in [0.05, 0.1) is 12.7 Å². The second-order valence-corrected chi connectivity index (χ2v) is 6.09. The van der Waals surface area contributed by atoms with E-state index in [1.807, 2.05) is 17.9 Å². The monoisotopic (exact) mass is 391 g/mol. The number of halogens is 1. The highest BCUT2D eigenvalue weighted by Crippen LogP contribution is 2.28. The van der Waals surface area contributed by atoms with Crippen molar-refractivity contribution in [1.82, 2.24) is 20.0 Å². The van der Waals surface area contributed by atoms with Crippen LogP contribution in [0.25, 0.3) is 0 Å². The molecule has 1 aliphatic rings. The predicted molar refractivity (Wildman–Crippen MR) is 93.7 cm³/mol. The molecular formula is C14H26IN5. The molecule has 114 valence electrons. The van der Waals surface area contributed by atoms with E-state index in [-0.39, 0.29) is 24.0 Å². The number of aryl methyl sites for hydroxylation is 1. The zero-order valence-corrected chi connectivity index (χ0v) is 15.2. The van der Waals surface area contributed by atoms with E-state index >= 15 is 0 Å². The standard InChI is InChI=1S/C14H25N5.HI/c1-12-9-17-19(10-12)8-6-16-13(15-4)18-7-5-14(2,3)11-18;/h9-10H,5-8,11H2,1-4H3,(H,15,16);1H. The average molecular weight is 391 g/mol. The van der Waals surface area contributed by atoms with Crippen molar-refractivity contribution >= 4 is 29.9 Å². The molecule has 0 atom stereocenters. The van der Waals surface area contributed by atoms with Gasteiger partial charge >= 0.3 is 0 Å². The Labute approximate surface area is 138 Å². The molecule has 0 unspecified atom stereocenters. The first-order valence-corrected chi connectivity index (χ1v) is 6.95. The maximum absolute atomic E-state index is 4.37. The molecule has 0 aromatic carbocycles. The van der Waals surface area contributed by atoms with E-state index in [9.17, 15) is 0 Å². The summed E-state index contributed by atoms with van der Waals surface area (Å²) in [6, 6.07) is 0. The molecule has 5 nitrogen and oxygen atoms in total. The van der Waals surface area contributed by atoms with Crippen molar-refractivity contribution in [1.29, 1.82) is 0 Å². The Hall–Kier alpha value is -0.790. The summed E-state index contributed by atoms with van der Waals surface area (Å²) in [7, 11) is 1.85. The highest BCUT2D eigenvalue weighted by molar-refractivity contribution is 14.0. The molecule has 1 aliphatic heterocycles. The van der Waals surface area contributed by atoms with Gasteiger partial charge in [-0.2, -0.15) is 5.10 Å². The molecule has 0 aliphatic carbocycles. The van der Waals surface area contributed by atoms with Gasteiger partial charge in [-0.05, 0) is 24.3 Å². The van der Waals surface area contributed by atoms with Crippen LogP contribution in [0.4, 0.5) is 0 Å². The zero-order chi connectivity index (χ0) is 13.9. The van der Waals surface area contributed by atoms with Crippen molar-refractivity contribution in [2.45, 2.75) is 33.7 Å². The van der Waals surface area contributed by atoms with Crippen LogP contribution < -0.4 is 5.32 Å². The van der Waals surface area contributed by atoms with E-state index in [2.05, 4.69) is 47.3 Å². The molecule has 2 heterocycles. The Kier molecular flexibility index (Phi) is 6.29. The lowest BCUT2D eigenvalue weighted by molar-refractivity contribution is 0.369. The fourth-order valence-corrected chi connectivity index (χ4v) is 2.50. The fourth-order valence-electron chi connectivity index (χ4n) is 2.50. The van der Waals surface area contributed by atoms with Crippen LogP contribution in [0, 0.1) is 12.3 Å². The van der Waals surface area contributed by atoms with Gasteiger partial charge in [-0.25, -0.2) is 0 Å². The molecule has 1 aromatic rings. The summed E-state index contributed by atoms with van der Waals surface area (Å²) < 4.78 is 1.96. The lowest BCUT2D eigenvalue weighted by Gasteiger charge is -2.23. The zero-order valence-electron chi connectivity index (χ0n) is 12.9. The summed E-state index contributed by atoms with van der Waals surface area (Å²) in [6.07, 6.45) is 5.17. The van der Waals surface area contributed by atoms with Gasteiger partial charge in [-0.15, -0.1) is 24.0 Å². The molecule has 0 spiro atoms. The Balaban J connectivity index is 0.00000200. The number of hydrogen-bond acceptors (Lipinski definition) is 2. The highest BCUT2D eigenvalue weighted by atomic mass is 127. The first kappa shape index (κ1) is 17.3. The number of likely N-dealkylation sites (tertiary alicyclic amines) is 1. The minimum absolute atomic E-state index is 0. The van der Waals surface area contributed by atoms with Crippen LogP contribution in [0.1, 0.15) is 25.8 Å². The number of aliphatic imine (C=N–C) groups is 1. The van der Waals surface area contributed by atoms with Crippen molar-refractivity contribution in [3.05, 3.63) is 18.0 Å². The molecule has 1 saturated heterocycles. The van der Waals surface area contributed by atoms with E-state index < -0.39 is 0 Å². The predicted octanol–water partition coefficient (Wildman–Crippen LogP) is 2.12. The Bertz CT molecular complexity index is 452. The van der Waals surface area contributed by atoms with Crippen LogP contribution in [0.2, 0.25) is 0 Å². The van der Waals surface area contributed by atoms with Crippen LogP contribution in [0.15, 0.2) is 17.4 Å². The van der Waals surface area contributed by atoms with E-state index in [0.29, 0.717) is 5.41 Å². The van der Waals surface area contributed by atoms with Gasteiger partial charge in [0, 0.05) is 32.9 Å². The van der Waals surface area contributed by atoms with Gasteiger partial charge < -0.3 is 10.2 Å². The van der Waals surface area contributed by atoms with E-state index in [0.717, 1.165) is 32.1 Å². The molecule has 1 N–H and O–H groups in total. The topological polar surface area (TPSA) is 45.5 Å². The molecule has 1 aromatic heterocycles. The van der Waals surface area contributed by atoms with Crippen molar-refractivity contribution in [3.8, 4) is 0 Å². The largest absolute Gasteiger partial charge is 0.354 e. The van der Waals surface area contributed by atoms with Gasteiger partial charge in [0.1, 0.15) is 0 Å². The average Bonchev–Trinajstić information content (AvgIpc) is 2.91. The summed E-state index contributed by atoms with van der Waals surface area (Å²) in [4.78, 5) is 6.72. The summed E-state index contributed by atoms with van der Waals surface area (Å²) in [5.41, 5.74) is 1.60. The Morgan fingerprint density at radius 2 is 2.25 bits per heavy atom. The number of hydrogen-bond donors (Lipinski definition) is 1. The summed E-state index contributed by atoms with van der Waals surface area (Å²) >= 11 is 0. The normalized spacial score (nSPS) is 18.0. The second kappa shape index (κ2) is 7.28. The smallest absolute Gasteiger partial charge is 0.193 e. The van der Waals surface area contributed by atoms with Crippen LogP contribution in [-0.4, -0.2) is 47.3 Å². The number of nitrogens with one attached hydrogen (secondary N) is 1. The number of nitrogens with zero attached hydrogens (tertiary/aromatic N) is 4. The second-order valence-electron chi connectivity index (χ2n) is 6.09. The summed E-state index contributed by atoms with van der Waals surface area (Å²) in [6.45, 7) is 10.6. The molecule has 0 radical (unpaired) electrons. The number of guanidine groups is 1. The minimum atomic E-state index is 0. The van der Waals surface area contributed by atoms with Gasteiger partial charge in [0.25, 0.3) is 0 Å². The molecule has 20 heavy (non-hydrogen) atoms. The molecule has 6 heteroatoms. The lowest BCUT2D eigenvalue weighted by Crippen LogP contribution is -2.41. The molecular weight excluding hydrogens is 365 g/mol. The third-order valence-electron chi connectivity index (χ3n) is 3.58. The lowest BCUT2D eigenvalue weighted by atomic mass is 9.93. The first-order chi connectivity index (χ1) is 9.00. The SMILES string of the molecule is CN=C(NCCn1cc(C)cn1)N1CCC(C)(C)C1.I. The van der Waals surface area contributed by atoms with Crippen molar-refractivity contribution < 1.29 is 0 Å². The third-order valence-corrected chi connectivity index (χ3v) is 3.58. The Morgan fingerprint density at radius 3 is 2.75 bits per heavy atom. The van der Waals surface area contributed by atoms with Crippen LogP contribution in [-0.2, 0) is 6.54 Å². The minimum Gasteiger partial charge on any atom is -0.354 e. The summed E-state index contributed by atoms with van der Waals surface area (Å²) in [5, 5.41) is 7.70. The maximum atomic E-state index is 4.37. The molecule has 0 bridgehead atoms.